The summed E-state index contributed by atoms with van der Waals surface area (Å²) in [6.07, 6.45) is 0. The number of methoxy groups -OCH3 is 1. The number of carbonyl (C=O) groups excluding carboxylic acids is 1. The van der Waals surface area contributed by atoms with Crippen LogP contribution in [0.3, 0.4) is 0 Å². The van der Waals surface area contributed by atoms with Crippen LogP contribution >= 0.6 is 11.6 Å². The molecule has 33 heavy (non-hydrogen) atoms. The normalized spacial score (nSPS) is 13.0. The van der Waals surface area contributed by atoms with Gasteiger partial charge in [0.05, 0.1) is 35.4 Å². The van der Waals surface area contributed by atoms with Crippen LogP contribution in [0, 0.1) is 0 Å². The minimum atomic E-state index is -0.300. The second-order valence-electron chi connectivity index (χ2n) is 7.74. The Morgan fingerprint density at radius 2 is 1.88 bits per heavy atom. The van der Waals surface area contributed by atoms with Gasteiger partial charge in [0.15, 0.2) is 6.61 Å². The number of anilines is 2. The van der Waals surface area contributed by atoms with Gasteiger partial charge in [-0.1, -0.05) is 35.9 Å². The van der Waals surface area contributed by atoms with E-state index in [0.717, 1.165) is 35.6 Å². The van der Waals surface area contributed by atoms with Gasteiger partial charge in [0.1, 0.15) is 17.3 Å². The van der Waals surface area contributed by atoms with E-state index in [9.17, 15) is 4.79 Å². The maximum Gasteiger partial charge on any atom is 0.262 e. The highest BCUT2D eigenvalue weighted by Gasteiger charge is 2.21. The first-order chi connectivity index (χ1) is 16.1. The molecule has 0 aliphatic carbocycles. The second kappa shape index (κ2) is 9.03. The van der Waals surface area contributed by atoms with Crippen molar-refractivity contribution in [2.45, 2.75) is 13.1 Å². The van der Waals surface area contributed by atoms with Crippen LogP contribution in [0.5, 0.6) is 11.5 Å². The van der Waals surface area contributed by atoms with Crippen molar-refractivity contribution in [3.8, 4) is 11.5 Å². The van der Waals surface area contributed by atoms with Crippen LogP contribution in [-0.2, 0) is 17.9 Å². The van der Waals surface area contributed by atoms with Crippen LogP contribution < -0.4 is 19.7 Å². The minimum absolute atomic E-state index is 0.162. The molecule has 4 aromatic rings. The van der Waals surface area contributed by atoms with Crippen molar-refractivity contribution in [3.05, 3.63) is 77.6 Å². The molecule has 1 aliphatic rings. The third kappa shape index (κ3) is 4.32. The van der Waals surface area contributed by atoms with E-state index < -0.39 is 0 Å². The van der Waals surface area contributed by atoms with E-state index in [1.807, 2.05) is 36.4 Å². The average molecular weight is 463 g/mol. The number of imidazole rings is 1. The van der Waals surface area contributed by atoms with Gasteiger partial charge in [-0.3, -0.25) is 4.79 Å². The number of nitrogens with zero attached hydrogens (tertiary/aromatic N) is 3. The summed E-state index contributed by atoms with van der Waals surface area (Å²) >= 11 is 6.10. The zero-order chi connectivity index (χ0) is 22.8. The molecular weight excluding hydrogens is 440 g/mol. The molecule has 7 nitrogen and oxygen atoms in total. The monoisotopic (exact) mass is 462 g/mol. The summed E-state index contributed by atoms with van der Waals surface area (Å²) in [6, 6.07) is 21.0. The molecule has 8 heteroatoms. The summed E-state index contributed by atoms with van der Waals surface area (Å²) in [7, 11) is 1.58. The minimum Gasteiger partial charge on any atom is -0.495 e. The van der Waals surface area contributed by atoms with Gasteiger partial charge < -0.3 is 24.3 Å². The summed E-state index contributed by atoms with van der Waals surface area (Å²) in [4.78, 5) is 19.6. The topological polar surface area (TPSA) is 68.6 Å². The van der Waals surface area contributed by atoms with Gasteiger partial charge >= 0.3 is 0 Å². The molecule has 0 saturated heterocycles. The number of halogens is 1. The lowest BCUT2D eigenvalue weighted by Crippen LogP contribution is -2.33. The number of nitrogens with one attached hydrogen (secondary N) is 1. The van der Waals surface area contributed by atoms with Crippen molar-refractivity contribution in [1.82, 2.24) is 9.55 Å². The fourth-order valence-corrected chi connectivity index (χ4v) is 4.26. The Morgan fingerprint density at radius 1 is 1.06 bits per heavy atom. The van der Waals surface area contributed by atoms with Gasteiger partial charge in [-0.05, 0) is 42.5 Å². The lowest BCUT2D eigenvalue weighted by molar-refractivity contribution is -0.118. The van der Waals surface area contributed by atoms with E-state index in [1.54, 1.807) is 31.4 Å². The average Bonchev–Trinajstić information content (AvgIpc) is 3.21. The van der Waals surface area contributed by atoms with E-state index in [4.69, 9.17) is 26.1 Å². The lowest BCUT2D eigenvalue weighted by Gasteiger charge is -2.30. The Kier molecular flexibility index (Phi) is 5.79. The molecule has 0 fully saturated rings. The third-order valence-corrected chi connectivity index (χ3v) is 5.99. The summed E-state index contributed by atoms with van der Waals surface area (Å²) in [5.41, 5.74) is 3.74. The van der Waals surface area contributed by atoms with Crippen LogP contribution in [0.4, 0.5) is 11.4 Å². The van der Waals surface area contributed by atoms with E-state index >= 15 is 0 Å². The molecule has 1 aliphatic heterocycles. The predicted octanol–water partition coefficient (Wildman–Crippen LogP) is 4.74. The molecule has 5 rings (SSSR count). The van der Waals surface area contributed by atoms with E-state index in [1.165, 1.54) is 0 Å². The van der Waals surface area contributed by atoms with E-state index in [2.05, 4.69) is 20.9 Å². The quantitative estimate of drug-likeness (QED) is 0.448. The van der Waals surface area contributed by atoms with E-state index in [0.29, 0.717) is 28.8 Å². The largest absolute Gasteiger partial charge is 0.495 e. The number of para-hydroxylation sites is 3. The molecule has 2 heterocycles. The molecule has 3 aromatic carbocycles. The number of hydrogen-bond donors (Lipinski definition) is 1. The van der Waals surface area contributed by atoms with Crippen molar-refractivity contribution in [2.75, 3.05) is 30.5 Å². The third-order valence-electron chi connectivity index (χ3n) is 5.68. The van der Waals surface area contributed by atoms with Crippen LogP contribution in [0.15, 0.2) is 66.7 Å². The van der Waals surface area contributed by atoms with Gasteiger partial charge in [-0.2, -0.15) is 0 Å². The van der Waals surface area contributed by atoms with Gasteiger partial charge in [-0.15, -0.1) is 0 Å². The van der Waals surface area contributed by atoms with Crippen molar-refractivity contribution < 1.29 is 14.3 Å². The zero-order valence-corrected chi connectivity index (χ0v) is 18.9. The second-order valence-corrected chi connectivity index (χ2v) is 8.15. The molecule has 168 valence electrons. The number of carbonyl (C=O) groups is 1. The highest BCUT2D eigenvalue weighted by atomic mass is 35.5. The Balaban J connectivity index is 1.32. The molecule has 0 radical (unpaired) electrons. The smallest absolute Gasteiger partial charge is 0.262 e. The molecule has 0 bridgehead atoms. The molecule has 0 saturated carbocycles. The lowest BCUT2D eigenvalue weighted by atomic mass is 10.2. The van der Waals surface area contributed by atoms with Gasteiger partial charge in [0.25, 0.3) is 5.91 Å². The van der Waals surface area contributed by atoms with Crippen molar-refractivity contribution in [3.63, 3.8) is 0 Å². The Morgan fingerprint density at radius 3 is 2.73 bits per heavy atom. The first kappa shape index (κ1) is 21.2. The summed E-state index contributed by atoms with van der Waals surface area (Å²) in [5.74, 6) is 1.77. The Bertz CT molecular complexity index is 1320. The molecule has 0 spiro atoms. The number of fused-ring (bicyclic) bond motifs is 3. The standard InChI is InChI=1S/C25H23ClN4O3/c1-32-23-11-10-17(14-20(23)28-25(31)16-33-22-9-5-2-6-18(22)26)29-12-13-30-21-8-4-3-7-19(21)27-24(30)15-29/h2-11,14H,12-13,15-16H2,1H3,(H,28,31). The zero-order valence-electron chi connectivity index (χ0n) is 18.1. The SMILES string of the molecule is COc1ccc(N2CCn3c(nc4ccccc43)C2)cc1NC(=O)COc1ccccc1Cl. The van der Waals surface area contributed by atoms with Crippen LogP contribution in [0.25, 0.3) is 11.0 Å². The highest BCUT2D eigenvalue weighted by molar-refractivity contribution is 6.32. The van der Waals surface area contributed by atoms with Gasteiger partial charge in [0, 0.05) is 18.8 Å². The number of aromatic nitrogens is 2. The van der Waals surface area contributed by atoms with Crippen molar-refractivity contribution in [1.29, 1.82) is 0 Å². The summed E-state index contributed by atoms with van der Waals surface area (Å²) in [6.45, 7) is 2.20. The van der Waals surface area contributed by atoms with Gasteiger partial charge in [-0.25, -0.2) is 4.98 Å². The molecule has 1 aromatic heterocycles. The fourth-order valence-electron chi connectivity index (χ4n) is 4.07. The molecule has 0 atom stereocenters. The van der Waals surface area contributed by atoms with Gasteiger partial charge in [0.2, 0.25) is 0 Å². The maximum absolute atomic E-state index is 12.6. The number of benzene rings is 3. The number of rotatable bonds is 6. The Labute approximate surface area is 196 Å². The van der Waals surface area contributed by atoms with Crippen molar-refractivity contribution >= 4 is 39.9 Å². The number of amides is 1. The first-order valence-electron chi connectivity index (χ1n) is 10.7. The molecule has 1 N–H and O–H groups in total. The predicted molar refractivity (Wildman–Crippen MR) is 129 cm³/mol. The van der Waals surface area contributed by atoms with Crippen molar-refractivity contribution in [2.24, 2.45) is 0 Å². The van der Waals surface area contributed by atoms with Crippen LogP contribution in [-0.4, -0.2) is 35.7 Å². The summed E-state index contributed by atoms with van der Waals surface area (Å²) < 4.78 is 13.3. The Hall–Kier alpha value is -3.71. The van der Waals surface area contributed by atoms with Crippen LogP contribution in [0.2, 0.25) is 5.02 Å². The van der Waals surface area contributed by atoms with E-state index in [-0.39, 0.29) is 12.5 Å². The molecule has 0 unspecified atom stereocenters. The maximum atomic E-state index is 12.6. The highest BCUT2D eigenvalue weighted by Crippen LogP contribution is 2.32. The summed E-state index contributed by atoms with van der Waals surface area (Å²) in [5, 5.41) is 3.35. The first-order valence-corrected chi connectivity index (χ1v) is 11.0. The fraction of sp³-hybridized carbons (Fsp3) is 0.200. The molecular formula is C25H23ClN4O3. The number of hydrogen-bond acceptors (Lipinski definition) is 5. The number of ether oxygens (including phenoxy) is 2. The van der Waals surface area contributed by atoms with Crippen LogP contribution in [0.1, 0.15) is 5.82 Å². The molecule has 1 amide bonds.